The van der Waals surface area contributed by atoms with Gasteiger partial charge in [-0.1, -0.05) is 92.2 Å². The SMILES string of the molecule is CCCc1cccc2c1C(CCCc1ccccc1N1Cc3ccccc3C1=O)(C(N)=O)c1ccccc1-2. The molecule has 1 aliphatic carbocycles. The molecule has 0 bridgehead atoms. The molecular weight excluding hydrogens is 468 g/mol. The van der Waals surface area contributed by atoms with E-state index >= 15 is 0 Å². The fourth-order valence-electron chi connectivity index (χ4n) is 6.65. The summed E-state index contributed by atoms with van der Waals surface area (Å²) in [6.07, 6.45) is 4.05. The first-order chi connectivity index (χ1) is 18.6. The highest BCUT2D eigenvalue weighted by Gasteiger charge is 2.48. The van der Waals surface area contributed by atoms with Gasteiger partial charge in [0.2, 0.25) is 5.91 Å². The van der Waals surface area contributed by atoms with Gasteiger partial charge in [0.1, 0.15) is 5.41 Å². The standard InChI is InChI=1S/C34H32N2O2/c1-2-11-24-14-9-18-28-27-17-6-7-19-29(27)34(31(24)28,33(35)38)21-10-15-23-12-4-8-20-30(23)36-22-25-13-3-5-16-26(25)32(36)37/h3-9,12-14,16-20H,2,10-11,15,21-22H2,1H3,(H2,35,38). The molecule has 0 saturated heterocycles. The van der Waals surface area contributed by atoms with Crippen LogP contribution < -0.4 is 10.6 Å². The molecule has 190 valence electrons. The Morgan fingerprint density at radius 1 is 0.816 bits per heavy atom. The third kappa shape index (κ3) is 3.66. The molecule has 2 amide bonds. The quantitative estimate of drug-likeness (QED) is 0.297. The molecule has 38 heavy (non-hydrogen) atoms. The van der Waals surface area contributed by atoms with Crippen LogP contribution in [-0.2, 0) is 29.6 Å². The molecule has 4 aromatic carbocycles. The third-order valence-corrected chi connectivity index (χ3v) is 8.30. The summed E-state index contributed by atoms with van der Waals surface area (Å²) in [6, 6.07) is 30.6. The first-order valence-corrected chi connectivity index (χ1v) is 13.6. The van der Waals surface area contributed by atoms with Crippen LogP contribution in [0.1, 0.15) is 64.4 Å². The summed E-state index contributed by atoms with van der Waals surface area (Å²) in [5, 5.41) is 0. The predicted octanol–water partition coefficient (Wildman–Crippen LogP) is 6.57. The number of benzene rings is 4. The van der Waals surface area contributed by atoms with Crippen molar-refractivity contribution < 1.29 is 9.59 Å². The van der Waals surface area contributed by atoms with Crippen molar-refractivity contribution in [2.24, 2.45) is 5.73 Å². The summed E-state index contributed by atoms with van der Waals surface area (Å²) in [7, 11) is 0. The summed E-state index contributed by atoms with van der Waals surface area (Å²) < 4.78 is 0. The van der Waals surface area contributed by atoms with Gasteiger partial charge in [-0.25, -0.2) is 0 Å². The lowest BCUT2D eigenvalue weighted by Crippen LogP contribution is -2.41. The number of rotatable bonds is 8. The number of anilines is 1. The first-order valence-electron chi connectivity index (χ1n) is 13.6. The zero-order chi connectivity index (χ0) is 26.3. The van der Waals surface area contributed by atoms with Crippen molar-refractivity contribution in [2.75, 3.05) is 4.90 Å². The smallest absolute Gasteiger partial charge is 0.258 e. The van der Waals surface area contributed by atoms with E-state index in [0.717, 1.165) is 70.3 Å². The van der Waals surface area contributed by atoms with Crippen LogP contribution in [0.3, 0.4) is 0 Å². The van der Waals surface area contributed by atoms with Gasteiger partial charge in [0.15, 0.2) is 0 Å². The topological polar surface area (TPSA) is 63.4 Å². The van der Waals surface area contributed by atoms with Gasteiger partial charge >= 0.3 is 0 Å². The van der Waals surface area contributed by atoms with Gasteiger partial charge in [-0.3, -0.25) is 9.59 Å². The lowest BCUT2D eigenvalue weighted by molar-refractivity contribution is -0.122. The number of fused-ring (bicyclic) bond motifs is 4. The molecule has 4 nitrogen and oxygen atoms in total. The molecular formula is C34H32N2O2. The average Bonchev–Trinajstić information content (AvgIpc) is 3.43. The van der Waals surface area contributed by atoms with Crippen molar-refractivity contribution in [3.8, 4) is 11.1 Å². The van der Waals surface area contributed by atoms with Crippen LogP contribution >= 0.6 is 0 Å². The highest BCUT2D eigenvalue weighted by Crippen LogP contribution is 2.53. The minimum absolute atomic E-state index is 0.0458. The summed E-state index contributed by atoms with van der Waals surface area (Å²) in [6.45, 7) is 2.75. The Labute approximate surface area is 224 Å². The fraction of sp³-hybridized carbons (Fsp3) is 0.235. The Morgan fingerprint density at radius 2 is 1.50 bits per heavy atom. The average molecular weight is 501 g/mol. The van der Waals surface area contributed by atoms with Gasteiger partial charge in [0.25, 0.3) is 5.91 Å². The molecule has 1 atom stereocenters. The van der Waals surface area contributed by atoms with E-state index in [9.17, 15) is 9.59 Å². The number of aryl methyl sites for hydroxylation is 2. The van der Waals surface area contributed by atoms with Gasteiger partial charge in [-0.05, 0) is 76.8 Å². The maximum atomic E-state index is 13.5. The summed E-state index contributed by atoms with van der Waals surface area (Å²) >= 11 is 0. The molecule has 2 N–H and O–H groups in total. The van der Waals surface area contributed by atoms with Crippen LogP contribution in [0.4, 0.5) is 5.69 Å². The van der Waals surface area contributed by atoms with Crippen molar-refractivity contribution in [3.05, 3.63) is 124 Å². The number of carbonyl (C=O) groups excluding carboxylic acids is 2. The summed E-state index contributed by atoms with van der Waals surface area (Å²) in [5.74, 6) is -0.241. The van der Waals surface area contributed by atoms with E-state index in [1.54, 1.807) is 0 Å². The number of hydrogen-bond donors (Lipinski definition) is 1. The highest BCUT2D eigenvalue weighted by molar-refractivity contribution is 6.10. The second kappa shape index (κ2) is 9.60. The molecule has 0 aromatic heterocycles. The molecule has 2 aliphatic rings. The minimum Gasteiger partial charge on any atom is -0.369 e. The lowest BCUT2D eigenvalue weighted by Gasteiger charge is -2.31. The first kappa shape index (κ1) is 24.2. The maximum Gasteiger partial charge on any atom is 0.258 e. The second-order valence-corrected chi connectivity index (χ2v) is 10.4. The Hall–Kier alpha value is -4.18. The minimum atomic E-state index is -0.855. The zero-order valence-corrected chi connectivity index (χ0v) is 21.7. The van der Waals surface area contributed by atoms with E-state index in [1.165, 1.54) is 5.56 Å². The number of nitrogens with zero attached hydrogens (tertiary/aromatic N) is 1. The van der Waals surface area contributed by atoms with Crippen LogP contribution in [0.15, 0.2) is 91.0 Å². The van der Waals surface area contributed by atoms with Crippen molar-refractivity contribution in [2.45, 2.75) is 51.0 Å². The van der Waals surface area contributed by atoms with E-state index < -0.39 is 5.41 Å². The second-order valence-electron chi connectivity index (χ2n) is 10.4. The molecule has 0 fully saturated rings. The van der Waals surface area contributed by atoms with E-state index in [2.05, 4.69) is 43.3 Å². The summed E-state index contributed by atoms with van der Waals surface area (Å²) in [5.41, 5.74) is 14.9. The molecule has 0 saturated carbocycles. The molecule has 4 aromatic rings. The number of nitrogens with two attached hydrogens (primary N) is 1. The van der Waals surface area contributed by atoms with E-state index in [-0.39, 0.29) is 11.8 Å². The zero-order valence-electron chi connectivity index (χ0n) is 21.7. The number of amides is 2. The lowest BCUT2D eigenvalue weighted by atomic mass is 9.71. The van der Waals surface area contributed by atoms with Gasteiger partial charge < -0.3 is 10.6 Å². The van der Waals surface area contributed by atoms with Gasteiger partial charge in [-0.15, -0.1) is 0 Å². The Bertz CT molecular complexity index is 1560. The Morgan fingerprint density at radius 3 is 2.29 bits per heavy atom. The number of hydrogen-bond acceptors (Lipinski definition) is 2. The van der Waals surface area contributed by atoms with E-state index in [1.807, 2.05) is 59.5 Å². The van der Waals surface area contributed by atoms with Gasteiger partial charge in [-0.2, -0.15) is 0 Å². The summed E-state index contributed by atoms with van der Waals surface area (Å²) in [4.78, 5) is 28.6. The molecule has 4 heteroatoms. The molecule has 6 rings (SSSR count). The Balaban J connectivity index is 1.34. The number of primary amides is 1. The van der Waals surface area contributed by atoms with Crippen LogP contribution in [-0.4, -0.2) is 11.8 Å². The fourth-order valence-corrected chi connectivity index (χ4v) is 6.65. The van der Waals surface area contributed by atoms with Gasteiger partial charge in [0.05, 0.1) is 6.54 Å². The van der Waals surface area contributed by atoms with Crippen molar-refractivity contribution >= 4 is 17.5 Å². The molecule has 0 spiro atoms. The monoisotopic (exact) mass is 500 g/mol. The Kier molecular flexibility index (Phi) is 6.11. The van der Waals surface area contributed by atoms with E-state index in [4.69, 9.17) is 5.73 Å². The molecule has 1 heterocycles. The van der Waals surface area contributed by atoms with Gasteiger partial charge in [0, 0.05) is 11.3 Å². The van der Waals surface area contributed by atoms with Crippen LogP contribution in [0, 0.1) is 0 Å². The third-order valence-electron chi connectivity index (χ3n) is 8.30. The van der Waals surface area contributed by atoms with Crippen LogP contribution in [0.2, 0.25) is 0 Å². The largest absolute Gasteiger partial charge is 0.369 e. The highest BCUT2D eigenvalue weighted by atomic mass is 16.2. The number of para-hydroxylation sites is 1. The van der Waals surface area contributed by atoms with Crippen LogP contribution in [0.25, 0.3) is 11.1 Å². The van der Waals surface area contributed by atoms with Crippen LogP contribution in [0.5, 0.6) is 0 Å². The number of carbonyl (C=O) groups is 2. The van der Waals surface area contributed by atoms with E-state index in [0.29, 0.717) is 13.0 Å². The maximum absolute atomic E-state index is 13.5. The normalized spacial score (nSPS) is 17.3. The predicted molar refractivity (Wildman–Crippen MR) is 152 cm³/mol. The van der Waals surface area contributed by atoms with Crippen molar-refractivity contribution in [1.29, 1.82) is 0 Å². The molecule has 1 aliphatic heterocycles. The van der Waals surface area contributed by atoms with Crippen molar-refractivity contribution in [3.63, 3.8) is 0 Å². The van der Waals surface area contributed by atoms with Crippen molar-refractivity contribution in [1.82, 2.24) is 0 Å². The molecule has 1 unspecified atom stereocenters. The molecule has 0 radical (unpaired) electrons.